The number of aromatic nitrogens is 3. The Balaban J connectivity index is 1.94. The number of rotatable bonds is 7. The molecule has 26 heavy (non-hydrogen) atoms. The van der Waals surface area contributed by atoms with E-state index < -0.39 is 0 Å². The third-order valence-electron chi connectivity index (χ3n) is 4.07. The predicted molar refractivity (Wildman–Crippen MR) is 101 cm³/mol. The van der Waals surface area contributed by atoms with Gasteiger partial charge >= 0.3 is 0 Å². The molecular weight excluding hydrogens is 328 g/mol. The first-order chi connectivity index (χ1) is 12.7. The number of amides is 1. The molecule has 0 spiro atoms. The molecule has 0 bridgehead atoms. The van der Waals surface area contributed by atoms with Crippen LogP contribution in [0.1, 0.15) is 13.3 Å². The van der Waals surface area contributed by atoms with E-state index in [2.05, 4.69) is 10.3 Å². The molecule has 2 aromatic heterocycles. The molecule has 134 valence electrons. The second-order valence-electron chi connectivity index (χ2n) is 5.82. The number of nitrogens with one attached hydrogen (secondary N) is 1. The van der Waals surface area contributed by atoms with E-state index in [0.29, 0.717) is 19.5 Å². The van der Waals surface area contributed by atoms with Crippen molar-refractivity contribution in [2.75, 3.05) is 13.7 Å². The van der Waals surface area contributed by atoms with Crippen molar-refractivity contribution in [2.45, 2.75) is 19.9 Å². The fourth-order valence-electron chi connectivity index (χ4n) is 2.68. The van der Waals surface area contributed by atoms with Gasteiger partial charge in [-0.1, -0.05) is 19.1 Å². The minimum absolute atomic E-state index is 0.0348. The van der Waals surface area contributed by atoms with Crippen LogP contribution in [0, 0.1) is 0 Å². The molecule has 0 saturated heterocycles. The van der Waals surface area contributed by atoms with E-state index in [4.69, 9.17) is 9.84 Å². The normalized spacial score (nSPS) is 10.5. The summed E-state index contributed by atoms with van der Waals surface area (Å²) in [4.78, 5) is 15.7. The number of benzene rings is 1. The predicted octanol–water partition coefficient (Wildman–Crippen LogP) is 3.15. The highest BCUT2D eigenvalue weighted by atomic mass is 16.5. The van der Waals surface area contributed by atoms with Gasteiger partial charge in [-0.15, -0.1) is 0 Å². The lowest BCUT2D eigenvalue weighted by Gasteiger charge is -2.09. The van der Waals surface area contributed by atoms with Crippen LogP contribution in [0.2, 0.25) is 0 Å². The van der Waals surface area contributed by atoms with Gasteiger partial charge in [0, 0.05) is 36.5 Å². The van der Waals surface area contributed by atoms with Crippen molar-refractivity contribution in [1.29, 1.82) is 0 Å². The molecule has 3 rings (SSSR count). The Morgan fingerprint density at radius 1 is 1.19 bits per heavy atom. The smallest absolute Gasteiger partial charge is 0.219 e. The molecule has 0 saturated carbocycles. The highest BCUT2D eigenvalue weighted by Gasteiger charge is 2.12. The maximum absolute atomic E-state index is 11.5. The zero-order valence-electron chi connectivity index (χ0n) is 15.0. The van der Waals surface area contributed by atoms with Crippen LogP contribution >= 0.6 is 0 Å². The molecule has 0 radical (unpaired) electrons. The summed E-state index contributed by atoms with van der Waals surface area (Å²) in [5.41, 5.74) is 3.77. The van der Waals surface area contributed by atoms with Gasteiger partial charge in [0.1, 0.15) is 5.75 Å². The van der Waals surface area contributed by atoms with E-state index in [-0.39, 0.29) is 5.91 Å². The monoisotopic (exact) mass is 350 g/mol. The largest absolute Gasteiger partial charge is 0.497 e. The number of hydrogen-bond donors (Lipinski definition) is 1. The SMILES string of the molecule is CCC(=O)NCCn1nc(-c2cccnc2)cc1-c1cccc(OC)c1. The fourth-order valence-corrected chi connectivity index (χ4v) is 2.68. The van der Waals surface area contributed by atoms with Crippen LogP contribution in [0.15, 0.2) is 54.9 Å². The van der Waals surface area contributed by atoms with Gasteiger partial charge in [-0.05, 0) is 30.3 Å². The molecule has 3 aromatic rings. The molecule has 6 heteroatoms. The summed E-state index contributed by atoms with van der Waals surface area (Å²) in [6, 6.07) is 13.8. The van der Waals surface area contributed by atoms with Crippen LogP contribution in [-0.2, 0) is 11.3 Å². The highest BCUT2D eigenvalue weighted by molar-refractivity contribution is 5.75. The quantitative estimate of drug-likeness (QED) is 0.711. The number of nitrogens with zero attached hydrogens (tertiary/aromatic N) is 3. The van der Waals surface area contributed by atoms with Crippen molar-refractivity contribution in [3.8, 4) is 28.3 Å². The van der Waals surface area contributed by atoms with Crippen LogP contribution in [0.5, 0.6) is 5.75 Å². The van der Waals surface area contributed by atoms with Crippen LogP contribution in [0.4, 0.5) is 0 Å². The van der Waals surface area contributed by atoms with E-state index in [1.807, 2.05) is 54.1 Å². The first kappa shape index (κ1) is 17.7. The summed E-state index contributed by atoms with van der Waals surface area (Å²) in [5, 5.41) is 7.61. The van der Waals surface area contributed by atoms with Gasteiger partial charge in [-0.25, -0.2) is 0 Å². The molecule has 1 aromatic carbocycles. The topological polar surface area (TPSA) is 69.0 Å². The minimum Gasteiger partial charge on any atom is -0.497 e. The maximum Gasteiger partial charge on any atom is 0.219 e. The van der Waals surface area contributed by atoms with Gasteiger partial charge in [0.15, 0.2) is 0 Å². The Morgan fingerprint density at radius 2 is 2.04 bits per heavy atom. The molecular formula is C20H22N4O2. The van der Waals surface area contributed by atoms with Crippen LogP contribution in [0.25, 0.3) is 22.5 Å². The molecule has 2 heterocycles. The third-order valence-corrected chi connectivity index (χ3v) is 4.07. The number of carbonyl (C=O) groups excluding carboxylic acids is 1. The molecule has 0 atom stereocenters. The summed E-state index contributed by atoms with van der Waals surface area (Å²) in [6.07, 6.45) is 4.01. The molecule has 0 unspecified atom stereocenters. The first-order valence-corrected chi connectivity index (χ1v) is 8.60. The zero-order valence-corrected chi connectivity index (χ0v) is 15.0. The second-order valence-corrected chi connectivity index (χ2v) is 5.82. The van der Waals surface area contributed by atoms with Crippen LogP contribution in [0.3, 0.4) is 0 Å². The number of hydrogen-bond acceptors (Lipinski definition) is 4. The summed E-state index contributed by atoms with van der Waals surface area (Å²) >= 11 is 0. The van der Waals surface area contributed by atoms with Crippen molar-refractivity contribution in [1.82, 2.24) is 20.1 Å². The first-order valence-electron chi connectivity index (χ1n) is 8.60. The average molecular weight is 350 g/mol. The van der Waals surface area contributed by atoms with Gasteiger partial charge in [-0.2, -0.15) is 5.10 Å². The highest BCUT2D eigenvalue weighted by Crippen LogP contribution is 2.28. The van der Waals surface area contributed by atoms with E-state index in [9.17, 15) is 4.79 Å². The Kier molecular flexibility index (Phi) is 5.63. The lowest BCUT2D eigenvalue weighted by Crippen LogP contribution is -2.26. The molecule has 0 aliphatic heterocycles. The molecule has 0 fully saturated rings. The van der Waals surface area contributed by atoms with Crippen molar-refractivity contribution >= 4 is 5.91 Å². The average Bonchev–Trinajstić information content (AvgIpc) is 3.12. The Labute approximate surface area is 152 Å². The maximum atomic E-state index is 11.5. The van der Waals surface area contributed by atoms with Gasteiger partial charge in [0.25, 0.3) is 0 Å². The number of pyridine rings is 1. The Morgan fingerprint density at radius 3 is 2.77 bits per heavy atom. The lowest BCUT2D eigenvalue weighted by atomic mass is 10.1. The molecule has 6 nitrogen and oxygen atoms in total. The van der Waals surface area contributed by atoms with Crippen LogP contribution in [-0.4, -0.2) is 34.3 Å². The standard InChI is InChI=1S/C20H22N4O2/c1-3-20(25)22-10-11-24-19(15-6-4-8-17(12-15)26-2)13-18(23-24)16-7-5-9-21-14-16/h4-9,12-14H,3,10-11H2,1-2H3,(H,22,25). The fraction of sp³-hybridized carbons (Fsp3) is 0.250. The second kappa shape index (κ2) is 8.29. The molecule has 0 aliphatic rings. The molecule has 0 aliphatic carbocycles. The van der Waals surface area contributed by atoms with Crippen LogP contribution < -0.4 is 10.1 Å². The van der Waals surface area contributed by atoms with E-state index >= 15 is 0 Å². The van der Waals surface area contributed by atoms with Crippen molar-refractivity contribution < 1.29 is 9.53 Å². The molecule has 1 amide bonds. The molecule has 1 N–H and O–H groups in total. The summed E-state index contributed by atoms with van der Waals surface area (Å²) < 4.78 is 7.25. The number of methoxy groups -OCH3 is 1. The lowest BCUT2D eigenvalue weighted by molar-refractivity contribution is -0.120. The summed E-state index contributed by atoms with van der Waals surface area (Å²) in [6.45, 7) is 2.95. The number of ether oxygens (including phenoxy) is 1. The van der Waals surface area contributed by atoms with Crippen molar-refractivity contribution in [3.63, 3.8) is 0 Å². The van der Waals surface area contributed by atoms with Gasteiger partial charge in [0.2, 0.25) is 5.91 Å². The van der Waals surface area contributed by atoms with Crippen molar-refractivity contribution in [2.24, 2.45) is 0 Å². The van der Waals surface area contributed by atoms with E-state index in [1.165, 1.54) is 0 Å². The van der Waals surface area contributed by atoms with Gasteiger partial charge in [-0.3, -0.25) is 14.5 Å². The Hall–Kier alpha value is -3.15. The summed E-state index contributed by atoms with van der Waals surface area (Å²) in [5.74, 6) is 0.824. The van der Waals surface area contributed by atoms with E-state index in [0.717, 1.165) is 28.3 Å². The van der Waals surface area contributed by atoms with Gasteiger partial charge < -0.3 is 10.1 Å². The van der Waals surface area contributed by atoms with E-state index in [1.54, 1.807) is 19.5 Å². The van der Waals surface area contributed by atoms with Crippen molar-refractivity contribution in [3.05, 3.63) is 54.9 Å². The number of carbonyl (C=O) groups is 1. The Bertz CT molecular complexity index is 875. The summed E-state index contributed by atoms with van der Waals surface area (Å²) in [7, 11) is 1.65. The zero-order chi connectivity index (χ0) is 18.4. The third kappa shape index (κ3) is 4.08. The minimum atomic E-state index is 0.0348. The van der Waals surface area contributed by atoms with Gasteiger partial charge in [0.05, 0.1) is 25.0 Å².